The number of ketones is 1. The van der Waals surface area contributed by atoms with Crippen LogP contribution in [0.15, 0.2) is 30.3 Å². The quantitative estimate of drug-likeness (QED) is 0.803. The van der Waals surface area contributed by atoms with E-state index in [2.05, 4.69) is 6.92 Å². The molecule has 1 aliphatic rings. The molecule has 23 heavy (non-hydrogen) atoms. The Morgan fingerprint density at radius 2 is 1.91 bits per heavy atom. The van der Waals surface area contributed by atoms with Crippen molar-refractivity contribution in [2.75, 3.05) is 6.61 Å². The van der Waals surface area contributed by atoms with Gasteiger partial charge in [-0.3, -0.25) is 4.79 Å². The predicted octanol–water partition coefficient (Wildman–Crippen LogP) is 3.58. The zero-order valence-corrected chi connectivity index (χ0v) is 14.7. The first-order chi connectivity index (χ1) is 10.8. The third kappa shape index (κ3) is 4.87. The van der Waals surface area contributed by atoms with Gasteiger partial charge in [0.2, 0.25) is 0 Å². The molecule has 4 nitrogen and oxygen atoms in total. The number of hydrogen-bond donors (Lipinski definition) is 0. The lowest BCUT2D eigenvalue weighted by atomic mass is 9.86. The fraction of sp³-hybridized carbons (Fsp3) is 0.632. The van der Waals surface area contributed by atoms with Gasteiger partial charge < -0.3 is 14.2 Å². The fourth-order valence-corrected chi connectivity index (χ4v) is 3.17. The molecule has 0 radical (unpaired) electrons. The lowest BCUT2D eigenvalue weighted by molar-refractivity contribution is -0.320. The molecule has 0 spiro atoms. The minimum Gasteiger partial charge on any atom is -0.376 e. The molecular weight excluding hydrogens is 292 g/mol. The Labute approximate surface area is 139 Å². The van der Waals surface area contributed by atoms with Crippen LogP contribution in [0.4, 0.5) is 0 Å². The van der Waals surface area contributed by atoms with Crippen molar-refractivity contribution in [1.29, 1.82) is 0 Å². The van der Waals surface area contributed by atoms with Crippen molar-refractivity contribution < 1.29 is 19.0 Å². The van der Waals surface area contributed by atoms with Gasteiger partial charge in [0.1, 0.15) is 6.10 Å². The summed E-state index contributed by atoms with van der Waals surface area (Å²) in [6.45, 7) is 10.6. The Morgan fingerprint density at radius 1 is 1.26 bits per heavy atom. The number of Topliss-reactive ketones (excluding diaryl/α,β-unsaturated/α-hetero) is 1. The van der Waals surface area contributed by atoms with Crippen LogP contribution in [0, 0.1) is 11.8 Å². The summed E-state index contributed by atoms with van der Waals surface area (Å²) in [5.74, 6) is -0.507. The second-order valence-electron chi connectivity index (χ2n) is 6.97. The minimum atomic E-state index is -0.749. The zero-order chi connectivity index (χ0) is 17.0. The standard InChI is InChI=1S/C19H28O4/c1-13(11-21-12-16-9-7-6-8-10-16)17-14(2)18(15(3)20)23-19(4,5)22-17/h6-10,13-14,17-18H,11-12H2,1-5H3/t13-,14-,17+,18+/m0/s1. The number of rotatable bonds is 6. The normalized spacial score (nSPS) is 28.3. The molecule has 4 heteroatoms. The van der Waals surface area contributed by atoms with Crippen LogP contribution in [-0.4, -0.2) is 30.4 Å². The first-order valence-corrected chi connectivity index (χ1v) is 8.28. The smallest absolute Gasteiger partial charge is 0.164 e. The van der Waals surface area contributed by atoms with Crippen molar-refractivity contribution in [2.24, 2.45) is 11.8 Å². The van der Waals surface area contributed by atoms with E-state index in [9.17, 15) is 4.79 Å². The van der Waals surface area contributed by atoms with Gasteiger partial charge in [-0.25, -0.2) is 0 Å². The molecule has 0 bridgehead atoms. The van der Waals surface area contributed by atoms with Crippen LogP contribution in [0.25, 0.3) is 0 Å². The molecule has 0 amide bonds. The number of ether oxygens (including phenoxy) is 3. The van der Waals surface area contributed by atoms with Gasteiger partial charge in [-0.1, -0.05) is 44.2 Å². The molecule has 1 fully saturated rings. The second kappa shape index (κ2) is 7.56. The Hall–Kier alpha value is -1.23. The molecule has 2 rings (SSSR count). The third-order valence-electron chi connectivity index (χ3n) is 4.28. The van der Waals surface area contributed by atoms with Crippen LogP contribution in [0.3, 0.4) is 0 Å². The van der Waals surface area contributed by atoms with Crippen LogP contribution in [0.2, 0.25) is 0 Å². The zero-order valence-electron chi connectivity index (χ0n) is 14.7. The van der Waals surface area contributed by atoms with Crippen molar-refractivity contribution in [2.45, 2.75) is 59.2 Å². The molecule has 1 aliphatic heterocycles. The summed E-state index contributed by atoms with van der Waals surface area (Å²) in [6, 6.07) is 10.1. The van der Waals surface area contributed by atoms with Crippen molar-refractivity contribution in [3.8, 4) is 0 Å². The molecular formula is C19H28O4. The highest BCUT2D eigenvalue weighted by molar-refractivity contribution is 5.81. The maximum Gasteiger partial charge on any atom is 0.164 e. The van der Waals surface area contributed by atoms with Gasteiger partial charge in [0.05, 0.1) is 19.3 Å². The molecule has 4 atom stereocenters. The van der Waals surface area contributed by atoms with Crippen molar-refractivity contribution in [3.05, 3.63) is 35.9 Å². The maximum atomic E-state index is 11.9. The molecule has 1 aromatic rings. The average molecular weight is 320 g/mol. The van der Waals surface area contributed by atoms with Gasteiger partial charge in [0.15, 0.2) is 11.6 Å². The molecule has 1 saturated heterocycles. The summed E-state index contributed by atoms with van der Waals surface area (Å²) in [7, 11) is 0. The number of benzene rings is 1. The Morgan fingerprint density at radius 3 is 2.52 bits per heavy atom. The highest BCUT2D eigenvalue weighted by Gasteiger charge is 2.44. The summed E-state index contributed by atoms with van der Waals surface area (Å²) in [5.41, 5.74) is 1.16. The summed E-state index contributed by atoms with van der Waals surface area (Å²) >= 11 is 0. The lowest BCUT2D eigenvalue weighted by Gasteiger charge is -2.46. The van der Waals surface area contributed by atoms with E-state index in [4.69, 9.17) is 14.2 Å². The van der Waals surface area contributed by atoms with E-state index in [1.54, 1.807) is 6.92 Å². The average Bonchev–Trinajstić information content (AvgIpc) is 2.50. The van der Waals surface area contributed by atoms with E-state index in [1.165, 1.54) is 0 Å². The fourth-order valence-electron chi connectivity index (χ4n) is 3.17. The van der Waals surface area contributed by atoms with Gasteiger partial charge in [0.25, 0.3) is 0 Å². The molecule has 0 aromatic heterocycles. The second-order valence-corrected chi connectivity index (χ2v) is 6.97. The molecule has 0 saturated carbocycles. The Kier molecular flexibility index (Phi) is 5.95. The van der Waals surface area contributed by atoms with Gasteiger partial charge in [0, 0.05) is 11.8 Å². The number of carbonyl (C=O) groups excluding carboxylic acids is 1. The van der Waals surface area contributed by atoms with E-state index in [0.29, 0.717) is 13.2 Å². The highest BCUT2D eigenvalue weighted by Crippen LogP contribution is 2.35. The van der Waals surface area contributed by atoms with Gasteiger partial charge >= 0.3 is 0 Å². The summed E-state index contributed by atoms with van der Waals surface area (Å²) in [5, 5.41) is 0. The van der Waals surface area contributed by atoms with E-state index in [1.807, 2.05) is 51.1 Å². The molecule has 0 aliphatic carbocycles. The van der Waals surface area contributed by atoms with Crippen LogP contribution in [0.5, 0.6) is 0 Å². The molecule has 1 aromatic carbocycles. The van der Waals surface area contributed by atoms with Gasteiger partial charge in [-0.05, 0) is 26.3 Å². The van der Waals surface area contributed by atoms with Crippen molar-refractivity contribution in [3.63, 3.8) is 0 Å². The minimum absolute atomic E-state index is 0.0100. The highest BCUT2D eigenvalue weighted by atomic mass is 16.7. The Balaban J connectivity index is 1.93. The van der Waals surface area contributed by atoms with Crippen LogP contribution < -0.4 is 0 Å². The first kappa shape index (κ1) is 18.1. The molecule has 128 valence electrons. The Bertz CT molecular complexity index is 511. The predicted molar refractivity (Wildman–Crippen MR) is 88.9 cm³/mol. The molecule has 0 unspecified atom stereocenters. The van der Waals surface area contributed by atoms with Crippen LogP contribution in [0.1, 0.15) is 40.2 Å². The van der Waals surface area contributed by atoms with E-state index < -0.39 is 11.9 Å². The monoisotopic (exact) mass is 320 g/mol. The van der Waals surface area contributed by atoms with E-state index in [0.717, 1.165) is 5.56 Å². The third-order valence-corrected chi connectivity index (χ3v) is 4.28. The molecule has 1 heterocycles. The van der Waals surface area contributed by atoms with Crippen LogP contribution in [-0.2, 0) is 25.6 Å². The van der Waals surface area contributed by atoms with Gasteiger partial charge in [-0.15, -0.1) is 0 Å². The van der Waals surface area contributed by atoms with E-state index in [-0.39, 0.29) is 23.7 Å². The number of carbonyl (C=O) groups is 1. The summed E-state index contributed by atoms with van der Waals surface area (Å²) < 4.78 is 17.7. The largest absolute Gasteiger partial charge is 0.376 e. The summed E-state index contributed by atoms with van der Waals surface area (Å²) in [4.78, 5) is 11.9. The molecule has 0 N–H and O–H groups in total. The topological polar surface area (TPSA) is 44.8 Å². The first-order valence-electron chi connectivity index (χ1n) is 8.28. The summed E-state index contributed by atoms with van der Waals surface area (Å²) in [6.07, 6.45) is -0.483. The SMILES string of the molecule is CC(=O)[C@@H]1OC(C)(C)O[C@H]([C@@H](C)COCc2ccccc2)[C@@H]1C. The number of hydrogen-bond acceptors (Lipinski definition) is 4. The van der Waals surface area contributed by atoms with Gasteiger partial charge in [-0.2, -0.15) is 0 Å². The van der Waals surface area contributed by atoms with Crippen molar-refractivity contribution >= 4 is 5.78 Å². The van der Waals surface area contributed by atoms with Crippen molar-refractivity contribution in [1.82, 2.24) is 0 Å². The van der Waals surface area contributed by atoms with Crippen LogP contribution >= 0.6 is 0 Å². The van der Waals surface area contributed by atoms with E-state index >= 15 is 0 Å². The maximum absolute atomic E-state index is 11.9. The lowest BCUT2D eigenvalue weighted by Crippen LogP contribution is -2.54.